The maximum absolute atomic E-state index is 12.9. The average Bonchev–Trinajstić information content (AvgIpc) is 2.62. The van der Waals surface area contributed by atoms with Gasteiger partial charge in [0, 0.05) is 22.2 Å². The number of aliphatic hydroxyl groups excluding tert-OH is 1. The maximum Gasteiger partial charge on any atom is 0.417 e. The molecule has 1 heterocycles. The maximum atomic E-state index is 12.9. The quantitative estimate of drug-likeness (QED) is 0.787. The van der Waals surface area contributed by atoms with Crippen LogP contribution in [0.4, 0.5) is 13.2 Å². The molecule has 7 heteroatoms. The molecular weight excluding hydrogens is 263 g/mol. The molecule has 0 aliphatic carbocycles. The summed E-state index contributed by atoms with van der Waals surface area (Å²) in [6.07, 6.45) is -6.63. The first-order valence-electron chi connectivity index (χ1n) is 5.32. The highest BCUT2D eigenvalue weighted by molar-refractivity contribution is 5.92. The number of nitrogens with one attached hydrogen (secondary N) is 1. The normalized spacial score (nSPS) is 13.7. The molecule has 1 aromatic carbocycles. The highest BCUT2D eigenvalue weighted by atomic mass is 19.4. The van der Waals surface area contributed by atoms with E-state index in [9.17, 15) is 23.1 Å². The third kappa shape index (κ3) is 2.17. The van der Waals surface area contributed by atoms with Gasteiger partial charge in [-0.25, -0.2) is 4.79 Å². The van der Waals surface area contributed by atoms with Crippen molar-refractivity contribution in [3.63, 3.8) is 0 Å². The molecule has 102 valence electrons. The van der Waals surface area contributed by atoms with Crippen LogP contribution < -0.4 is 0 Å². The molecule has 2 aromatic rings. The van der Waals surface area contributed by atoms with Crippen LogP contribution in [0.3, 0.4) is 0 Å². The summed E-state index contributed by atoms with van der Waals surface area (Å²) in [4.78, 5) is 13.5. The molecule has 4 nitrogen and oxygen atoms in total. The van der Waals surface area contributed by atoms with Gasteiger partial charge in [-0.2, -0.15) is 13.2 Å². The zero-order valence-corrected chi connectivity index (χ0v) is 9.75. The van der Waals surface area contributed by atoms with E-state index in [-0.39, 0.29) is 22.2 Å². The Balaban J connectivity index is 2.84. The molecule has 0 fully saturated rings. The minimum atomic E-state index is -4.62. The number of hydrogen-bond donors (Lipinski definition) is 3. The molecule has 0 saturated carbocycles. The molecule has 1 atom stereocenters. The first-order valence-corrected chi connectivity index (χ1v) is 5.32. The average molecular weight is 273 g/mol. The van der Waals surface area contributed by atoms with Gasteiger partial charge < -0.3 is 15.2 Å². The Hall–Kier alpha value is -2.02. The number of hydrogen-bond acceptors (Lipinski definition) is 2. The number of fused-ring (bicyclic) bond motifs is 1. The number of aromatic amines is 1. The zero-order valence-electron chi connectivity index (χ0n) is 9.75. The number of aliphatic carboxylic acids is 1. The Labute approximate surface area is 105 Å². The summed E-state index contributed by atoms with van der Waals surface area (Å²) in [5, 5.41) is 18.1. The molecule has 2 rings (SSSR count). The minimum absolute atomic E-state index is 0.141. The van der Waals surface area contributed by atoms with Gasteiger partial charge >= 0.3 is 12.1 Å². The number of aromatic nitrogens is 1. The van der Waals surface area contributed by atoms with Crippen LogP contribution in [0, 0.1) is 6.92 Å². The van der Waals surface area contributed by atoms with Crippen molar-refractivity contribution in [3.8, 4) is 0 Å². The summed E-state index contributed by atoms with van der Waals surface area (Å²) in [7, 11) is 0. The molecule has 0 spiro atoms. The van der Waals surface area contributed by atoms with Crippen LogP contribution in [-0.2, 0) is 11.0 Å². The smallest absolute Gasteiger partial charge is 0.417 e. The van der Waals surface area contributed by atoms with Crippen LogP contribution in [0.25, 0.3) is 10.9 Å². The van der Waals surface area contributed by atoms with Crippen molar-refractivity contribution in [1.29, 1.82) is 0 Å². The SMILES string of the molecule is Cc1[nH]c2cccc(C(F)(F)F)c2c1C(O)C(=O)O. The summed E-state index contributed by atoms with van der Waals surface area (Å²) < 4.78 is 38.8. The van der Waals surface area contributed by atoms with Gasteiger partial charge in [0.2, 0.25) is 0 Å². The van der Waals surface area contributed by atoms with Crippen molar-refractivity contribution in [2.75, 3.05) is 0 Å². The van der Waals surface area contributed by atoms with Crippen molar-refractivity contribution in [1.82, 2.24) is 4.98 Å². The number of H-pyrrole nitrogens is 1. The summed E-state index contributed by atoms with van der Waals surface area (Å²) in [5.41, 5.74) is -0.885. The second-order valence-corrected chi connectivity index (χ2v) is 4.13. The summed E-state index contributed by atoms with van der Waals surface area (Å²) in [5.74, 6) is -1.60. The molecule has 0 radical (unpaired) electrons. The molecule has 0 saturated heterocycles. The number of aliphatic hydroxyl groups is 1. The van der Waals surface area contributed by atoms with Gasteiger partial charge in [0.25, 0.3) is 0 Å². The monoisotopic (exact) mass is 273 g/mol. The Morgan fingerprint density at radius 2 is 2.00 bits per heavy atom. The number of halogens is 3. The van der Waals surface area contributed by atoms with E-state index in [1.165, 1.54) is 19.1 Å². The number of alkyl halides is 3. The van der Waals surface area contributed by atoms with Crippen molar-refractivity contribution >= 4 is 16.9 Å². The molecular formula is C12H10F3NO3. The van der Waals surface area contributed by atoms with E-state index >= 15 is 0 Å². The molecule has 0 bridgehead atoms. The van der Waals surface area contributed by atoms with Gasteiger partial charge in [0.15, 0.2) is 6.10 Å². The third-order valence-electron chi connectivity index (χ3n) is 2.87. The predicted molar refractivity (Wildman–Crippen MR) is 60.6 cm³/mol. The fraction of sp³-hybridized carbons (Fsp3) is 0.250. The number of aryl methyl sites for hydroxylation is 1. The standard InChI is InChI=1S/C12H10F3NO3/c1-5-8(10(17)11(18)19)9-6(12(13,14)15)3-2-4-7(9)16-5/h2-4,10,16-17H,1H3,(H,18,19). The predicted octanol–water partition coefficient (Wildman–Crippen LogP) is 2.61. The van der Waals surface area contributed by atoms with Gasteiger partial charge in [-0.05, 0) is 19.1 Å². The lowest BCUT2D eigenvalue weighted by Crippen LogP contribution is -2.13. The van der Waals surface area contributed by atoms with E-state index in [4.69, 9.17) is 5.11 Å². The molecule has 19 heavy (non-hydrogen) atoms. The van der Waals surface area contributed by atoms with Crippen molar-refractivity contribution in [3.05, 3.63) is 35.0 Å². The lowest BCUT2D eigenvalue weighted by molar-refractivity contribution is -0.147. The lowest BCUT2D eigenvalue weighted by Gasteiger charge is -2.11. The Kier molecular flexibility index (Phi) is 3.01. The van der Waals surface area contributed by atoms with Gasteiger partial charge in [-0.15, -0.1) is 0 Å². The first kappa shape index (κ1) is 13.4. The number of carboxylic acids is 1. The Morgan fingerprint density at radius 1 is 1.37 bits per heavy atom. The van der Waals surface area contributed by atoms with Crippen molar-refractivity contribution in [2.45, 2.75) is 19.2 Å². The number of rotatable bonds is 2. The van der Waals surface area contributed by atoms with Crippen molar-refractivity contribution < 1.29 is 28.2 Å². The minimum Gasteiger partial charge on any atom is -0.479 e. The zero-order chi connectivity index (χ0) is 14.4. The fourth-order valence-electron chi connectivity index (χ4n) is 2.10. The van der Waals surface area contributed by atoms with E-state index in [1.54, 1.807) is 0 Å². The Bertz CT molecular complexity index is 645. The second kappa shape index (κ2) is 4.27. The largest absolute Gasteiger partial charge is 0.479 e. The van der Waals surface area contributed by atoms with Crippen LogP contribution in [0.5, 0.6) is 0 Å². The van der Waals surface area contributed by atoms with Crippen LogP contribution in [0.15, 0.2) is 18.2 Å². The highest BCUT2D eigenvalue weighted by Crippen LogP contribution is 2.39. The third-order valence-corrected chi connectivity index (χ3v) is 2.87. The number of benzene rings is 1. The molecule has 1 aromatic heterocycles. The molecule has 0 aliphatic heterocycles. The number of carbonyl (C=O) groups is 1. The van der Waals surface area contributed by atoms with E-state index in [0.717, 1.165) is 6.07 Å². The topological polar surface area (TPSA) is 73.3 Å². The van der Waals surface area contributed by atoms with Gasteiger partial charge in [0.1, 0.15) is 0 Å². The molecule has 1 unspecified atom stereocenters. The van der Waals surface area contributed by atoms with E-state index in [1.807, 2.05) is 0 Å². The highest BCUT2D eigenvalue weighted by Gasteiger charge is 2.36. The lowest BCUT2D eigenvalue weighted by atomic mass is 10.0. The number of carboxylic acid groups (broad SMARTS) is 1. The van der Waals surface area contributed by atoms with Crippen LogP contribution in [-0.4, -0.2) is 21.2 Å². The molecule has 3 N–H and O–H groups in total. The second-order valence-electron chi connectivity index (χ2n) is 4.13. The summed E-state index contributed by atoms with van der Waals surface area (Å²) in [6.45, 7) is 1.42. The molecule has 0 aliphatic rings. The summed E-state index contributed by atoms with van der Waals surface area (Å²) >= 11 is 0. The van der Waals surface area contributed by atoms with Gasteiger partial charge in [-0.1, -0.05) is 6.07 Å². The van der Waals surface area contributed by atoms with E-state index in [2.05, 4.69) is 4.98 Å². The summed E-state index contributed by atoms with van der Waals surface area (Å²) in [6, 6.07) is 3.47. The van der Waals surface area contributed by atoms with Crippen LogP contribution >= 0.6 is 0 Å². The first-order chi connectivity index (χ1) is 8.73. The van der Waals surface area contributed by atoms with Crippen molar-refractivity contribution in [2.24, 2.45) is 0 Å². The van der Waals surface area contributed by atoms with Crippen LogP contribution in [0.2, 0.25) is 0 Å². The van der Waals surface area contributed by atoms with E-state index < -0.39 is 23.8 Å². The van der Waals surface area contributed by atoms with Crippen LogP contribution in [0.1, 0.15) is 22.9 Å². The fourth-order valence-corrected chi connectivity index (χ4v) is 2.10. The Morgan fingerprint density at radius 3 is 2.53 bits per heavy atom. The van der Waals surface area contributed by atoms with Gasteiger partial charge in [-0.3, -0.25) is 0 Å². The van der Waals surface area contributed by atoms with E-state index in [0.29, 0.717) is 0 Å². The molecule has 0 amide bonds. The van der Waals surface area contributed by atoms with Gasteiger partial charge in [0.05, 0.1) is 5.56 Å².